The monoisotopic (exact) mass is 222 g/mol. The highest BCUT2D eigenvalue weighted by Gasteiger charge is 2.20. The Kier molecular flexibility index (Phi) is 2.72. The molecule has 3 rings (SSSR count). The lowest BCUT2D eigenvalue weighted by Crippen LogP contribution is -1.99. The smallest absolute Gasteiger partial charge is 0.00962 e. The Morgan fingerprint density at radius 3 is 2.24 bits per heavy atom. The number of hydrogen-bond donors (Lipinski definition) is 0. The lowest BCUT2D eigenvalue weighted by Gasteiger charge is -2.24. The van der Waals surface area contributed by atoms with E-state index in [1.165, 1.54) is 53.5 Å². The van der Waals surface area contributed by atoms with Gasteiger partial charge in [-0.15, -0.1) is 0 Å². The van der Waals surface area contributed by atoms with E-state index in [9.17, 15) is 0 Å². The van der Waals surface area contributed by atoms with Crippen LogP contribution in [0, 0.1) is 0 Å². The minimum absolute atomic E-state index is 1.23. The summed E-state index contributed by atoms with van der Waals surface area (Å²) in [5, 5.41) is 0. The zero-order chi connectivity index (χ0) is 11.7. The lowest BCUT2D eigenvalue weighted by molar-refractivity contribution is 0.717. The highest BCUT2D eigenvalue weighted by Crippen LogP contribution is 2.47. The Hall–Kier alpha value is -1.56. The number of fused-ring (bicyclic) bond motifs is 4. The molecule has 0 radical (unpaired) electrons. The first-order valence-electron chi connectivity index (χ1n) is 6.63. The fourth-order valence-corrected chi connectivity index (χ4v) is 2.67. The fourth-order valence-electron chi connectivity index (χ4n) is 2.67. The van der Waals surface area contributed by atoms with Crippen LogP contribution in [-0.4, -0.2) is 0 Å². The molecule has 0 bridgehead atoms. The van der Waals surface area contributed by atoms with E-state index in [2.05, 4.69) is 49.4 Å². The van der Waals surface area contributed by atoms with E-state index in [0.29, 0.717) is 0 Å². The van der Waals surface area contributed by atoms with Gasteiger partial charge in [0.25, 0.3) is 0 Å². The molecule has 86 valence electrons. The molecule has 0 aliphatic heterocycles. The molecule has 0 heterocycles. The highest BCUT2D eigenvalue weighted by atomic mass is 14.2. The molecule has 0 saturated carbocycles. The molecular formula is C17H18. The fraction of sp³-hybridized carbons (Fsp3) is 0.294. The van der Waals surface area contributed by atoms with Crippen molar-refractivity contribution in [1.82, 2.24) is 0 Å². The van der Waals surface area contributed by atoms with E-state index in [1.54, 1.807) is 0 Å². The average Bonchev–Trinajstić information content (AvgIpc) is 2.37. The van der Waals surface area contributed by atoms with Gasteiger partial charge in [-0.2, -0.15) is 0 Å². The Labute approximate surface area is 103 Å². The van der Waals surface area contributed by atoms with E-state index < -0.39 is 0 Å². The van der Waals surface area contributed by atoms with Gasteiger partial charge in [-0.05, 0) is 40.7 Å². The van der Waals surface area contributed by atoms with E-state index in [-0.39, 0.29) is 0 Å². The minimum Gasteiger partial charge on any atom is -0.0654 e. The molecule has 0 saturated heterocycles. The topological polar surface area (TPSA) is 0 Å². The molecule has 1 aliphatic rings. The van der Waals surface area contributed by atoms with Crippen LogP contribution in [0.25, 0.3) is 22.3 Å². The third-order valence-corrected chi connectivity index (χ3v) is 3.66. The number of benzene rings is 2. The van der Waals surface area contributed by atoms with Crippen LogP contribution in [0.15, 0.2) is 42.5 Å². The largest absolute Gasteiger partial charge is 0.0654 e. The van der Waals surface area contributed by atoms with E-state index in [1.807, 2.05) is 0 Å². The average molecular weight is 222 g/mol. The summed E-state index contributed by atoms with van der Waals surface area (Å²) in [5.74, 6) is 0. The zero-order valence-corrected chi connectivity index (χ0v) is 10.4. The molecule has 0 N–H and O–H groups in total. The van der Waals surface area contributed by atoms with Gasteiger partial charge in [0.05, 0.1) is 0 Å². The van der Waals surface area contributed by atoms with Gasteiger partial charge < -0.3 is 0 Å². The molecule has 0 heteroatoms. The van der Waals surface area contributed by atoms with Gasteiger partial charge in [0.1, 0.15) is 0 Å². The van der Waals surface area contributed by atoms with Crippen molar-refractivity contribution in [3.63, 3.8) is 0 Å². The Bertz CT molecular complexity index is 537. The molecule has 0 unspecified atom stereocenters. The number of hydrogen-bond acceptors (Lipinski definition) is 0. The summed E-state index contributed by atoms with van der Waals surface area (Å²) < 4.78 is 0. The van der Waals surface area contributed by atoms with Crippen LogP contribution in [0.4, 0.5) is 0 Å². The second kappa shape index (κ2) is 4.37. The van der Waals surface area contributed by atoms with Crippen molar-refractivity contribution in [2.45, 2.75) is 32.6 Å². The maximum atomic E-state index is 2.38. The molecule has 0 spiro atoms. The van der Waals surface area contributed by atoms with Crippen molar-refractivity contribution < 1.29 is 0 Å². The summed E-state index contributed by atoms with van der Waals surface area (Å²) in [4.78, 5) is 0. The van der Waals surface area contributed by atoms with Crippen molar-refractivity contribution in [1.29, 1.82) is 0 Å². The predicted octanol–water partition coefficient (Wildman–Crippen LogP) is 5.07. The number of aryl methyl sites for hydroxylation is 1. The van der Waals surface area contributed by atoms with Gasteiger partial charge in [0.15, 0.2) is 0 Å². The van der Waals surface area contributed by atoms with Crippen LogP contribution < -0.4 is 0 Å². The highest BCUT2D eigenvalue weighted by molar-refractivity contribution is 6.02. The third-order valence-electron chi connectivity index (χ3n) is 3.66. The normalized spacial score (nSPS) is 11.6. The maximum absolute atomic E-state index is 2.38. The van der Waals surface area contributed by atoms with E-state index in [4.69, 9.17) is 0 Å². The summed E-state index contributed by atoms with van der Waals surface area (Å²) in [6.07, 6.45) is 5.18. The zero-order valence-electron chi connectivity index (χ0n) is 10.4. The van der Waals surface area contributed by atoms with Crippen LogP contribution >= 0.6 is 0 Å². The minimum atomic E-state index is 1.23. The van der Waals surface area contributed by atoms with E-state index >= 15 is 0 Å². The van der Waals surface area contributed by atoms with Crippen molar-refractivity contribution in [3.05, 3.63) is 48.0 Å². The van der Waals surface area contributed by atoms with Gasteiger partial charge in [0, 0.05) is 0 Å². The Morgan fingerprint density at radius 1 is 0.765 bits per heavy atom. The summed E-state index contributed by atoms with van der Waals surface area (Å²) in [7, 11) is 0. The first-order chi connectivity index (χ1) is 8.40. The first-order valence-corrected chi connectivity index (χ1v) is 6.63. The Morgan fingerprint density at radius 2 is 1.47 bits per heavy atom. The molecule has 0 fully saturated rings. The predicted molar refractivity (Wildman–Crippen MR) is 74.1 cm³/mol. The summed E-state index contributed by atoms with van der Waals surface area (Å²) in [6, 6.07) is 15.7. The SMILES string of the molecule is CCCCCc1ccc2c(c1)-c1ccccc1-2. The van der Waals surface area contributed by atoms with Crippen molar-refractivity contribution in [2.75, 3.05) is 0 Å². The van der Waals surface area contributed by atoms with Crippen molar-refractivity contribution in [2.24, 2.45) is 0 Å². The molecule has 0 atom stereocenters. The van der Waals surface area contributed by atoms with Crippen molar-refractivity contribution in [3.8, 4) is 22.3 Å². The van der Waals surface area contributed by atoms with Crippen LogP contribution in [0.2, 0.25) is 0 Å². The van der Waals surface area contributed by atoms with Gasteiger partial charge in [-0.1, -0.05) is 62.2 Å². The summed E-state index contributed by atoms with van der Waals surface area (Å²) in [5.41, 5.74) is 7.23. The maximum Gasteiger partial charge on any atom is -0.00962 e. The van der Waals surface area contributed by atoms with Crippen LogP contribution in [0.5, 0.6) is 0 Å². The van der Waals surface area contributed by atoms with Gasteiger partial charge >= 0.3 is 0 Å². The molecular weight excluding hydrogens is 204 g/mol. The second-order valence-corrected chi connectivity index (χ2v) is 4.88. The molecule has 2 aromatic carbocycles. The van der Waals surface area contributed by atoms with Crippen LogP contribution in [-0.2, 0) is 6.42 Å². The van der Waals surface area contributed by atoms with Gasteiger partial charge in [0.2, 0.25) is 0 Å². The third kappa shape index (κ3) is 1.78. The summed E-state index contributed by atoms with van der Waals surface area (Å²) >= 11 is 0. The standard InChI is InChI=1S/C17H18/c1-2-3-4-7-13-10-11-16-14-8-5-6-9-15(14)17(16)12-13/h5-6,8-12H,2-4,7H2,1H3. The molecule has 0 nitrogen and oxygen atoms in total. The van der Waals surface area contributed by atoms with Gasteiger partial charge in [-0.3, -0.25) is 0 Å². The first kappa shape index (κ1) is 10.6. The number of unbranched alkanes of at least 4 members (excludes halogenated alkanes) is 2. The molecule has 0 aromatic heterocycles. The Balaban J connectivity index is 1.83. The van der Waals surface area contributed by atoms with Crippen LogP contribution in [0.1, 0.15) is 31.7 Å². The van der Waals surface area contributed by atoms with Crippen LogP contribution in [0.3, 0.4) is 0 Å². The van der Waals surface area contributed by atoms with Gasteiger partial charge in [-0.25, -0.2) is 0 Å². The molecule has 17 heavy (non-hydrogen) atoms. The molecule has 2 aromatic rings. The van der Waals surface area contributed by atoms with E-state index in [0.717, 1.165) is 0 Å². The quantitative estimate of drug-likeness (QED) is 0.541. The summed E-state index contributed by atoms with van der Waals surface area (Å²) in [6.45, 7) is 2.26. The lowest BCUT2D eigenvalue weighted by atomic mass is 9.79. The number of rotatable bonds is 4. The van der Waals surface area contributed by atoms with Crippen molar-refractivity contribution >= 4 is 0 Å². The molecule has 1 aliphatic carbocycles. The second-order valence-electron chi connectivity index (χ2n) is 4.88. The molecule has 0 amide bonds.